The SMILES string of the molecule is NN1CCN(C/C=C\c2ccccc2)CC1. The standard InChI is InChI=1S/C13H19N3/c14-16-11-9-15(10-12-16)8-4-7-13-5-2-1-3-6-13/h1-7H,8-12,14H2/b7-4-. The van der Waals surface area contributed by atoms with Gasteiger partial charge in [0.25, 0.3) is 0 Å². The Morgan fingerprint density at radius 1 is 1.06 bits per heavy atom. The van der Waals surface area contributed by atoms with Crippen LogP contribution in [0, 0.1) is 0 Å². The van der Waals surface area contributed by atoms with Crippen molar-refractivity contribution in [2.75, 3.05) is 32.7 Å². The van der Waals surface area contributed by atoms with Crippen molar-refractivity contribution in [2.24, 2.45) is 5.84 Å². The summed E-state index contributed by atoms with van der Waals surface area (Å²) in [7, 11) is 0. The second-order valence-electron chi connectivity index (χ2n) is 4.15. The summed E-state index contributed by atoms with van der Waals surface area (Å²) in [5.41, 5.74) is 1.26. The van der Waals surface area contributed by atoms with Gasteiger partial charge in [0.15, 0.2) is 0 Å². The Balaban J connectivity index is 1.77. The molecule has 1 aliphatic rings. The van der Waals surface area contributed by atoms with Gasteiger partial charge in [0.2, 0.25) is 0 Å². The zero-order valence-corrected chi connectivity index (χ0v) is 9.55. The lowest BCUT2D eigenvalue weighted by atomic mass is 10.2. The maximum absolute atomic E-state index is 5.71. The Morgan fingerprint density at radius 3 is 2.44 bits per heavy atom. The molecule has 3 nitrogen and oxygen atoms in total. The van der Waals surface area contributed by atoms with Crippen LogP contribution >= 0.6 is 0 Å². The Labute approximate surface area is 97.1 Å². The van der Waals surface area contributed by atoms with Crippen LogP contribution in [0.3, 0.4) is 0 Å². The van der Waals surface area contributed by atoms with Gasteiger partial charge in [0.05, 0.1) is 0 Å². The minimum Gasteiger partial charge on any atom is -0.297 e. The Kier molecular flexibility index (Phi) is 4.10. The Bertz CT molecular complexity index is 326. The molecule has 1 aromatic rings. The van der Waals surface area contributed by atoms with E-state index < -0.39 is 0 Å². The highest BCUT2D eigenvalue weighted by atomic mass is 15.4. The van der Waals surface area contributed by atoms with Crippen LogP contribution in [0.2, 0.25) is 0 Å². The molecule has 86 valence electrons. The van der Waals surface area contributed by atoms with E-state index in [4.69, 9.17) is 5.84 Å². The fourth-order valence-electron chi connectivity index (χ4n) is 1.85. The van der Waals surface area contributed by atoms with Gasteiger partial charge in [-0.15, -0.1) is 0 Å². The lowest BCUT2D eigenvalue weighted by Gasteiger charge is -2.31. The van der Waals surface area contributed by atoms with Crippen LogP contribution in [0.5, 0.6) is 0 Å². The average Bonchev–Trinajstić information content (AvgIpc) is 2.33. The molecular formula is C13H19N3. The van der Waals surface area contributed by atoms with Gasteiger partial charge >= 0.3 is 0 Å². The van der Waals surface area contributed by atoms with Crippen LogP contribution in [-0.4, -0.2) is 42.6 Å². The number of hydrazine groups is 1. The predicted octanol–water partition coefficient (Wildman–Crippen LogP) is 1.19. The van der Waals surface area contributed by atoms with Crippen molar-refractivity contribution >= 4 is 6.08 Å². The molecular weight excluding hydrogens is 198 g/mol. The van der Waals surface area contributed by atoms with Gasteiger partial charge < -0.3 is 0 Å². The summed E-state index contributed by atoms with van der Waals surface area (Å²) >= 11 is 0. The molecule has 0 aliphatic carbocycles. The van der Waals surface area contributed by atoms with Crippen LogP contribution in [0.4, 0.5) is 0 Å². The van der Waals surface area contributed by atoms with Crippen molar-refractivity contribution in [3.8, 4) is 0 Å². The first-order valence-corrected chi connectivity index (χ1v) is 5.78. The lowest BCUT2D eigenvalue weighted by molar-refractivity contribution is 0.144. The van der Waals surface area contributed by atoms with E-state index in [9.17, 15) is 0 Å². The first-order chi connectivity index (χ1) is 7.84. The molecule has 1 fully saturated rings. The second kappa shape index (κ2) is 5.80. The van der Waals surface area contributed by atoms with Gasteiger partial charge in [-0.1, -0.05) is 42.5 Å². The molecule has 1 aliphatic heterocycles. The largest absolute Gasteiger partial charge is 0.297 e. The number of nitrogens with zero attached hydrogens (tertiary/aromatic N) is 2. The van der Waals surface area contributed by atoms with Gasteiger partial charge in [-0.3, -0.25) is 10.7 Å². The van der Waals surface area contributed by atoms with Crippen molar-refractivity contribution in [3.63, 3.8) is 0 Å². The number of benzene rings is 1. The maximum Gasteiger partial charge on any atom is 0.0257 e. The summed E-state index contributed by atoms with van der Waals surface area (Å²) in [5.74, 6) is 5.71. The molecule has 1 saturated heterocycles. The van der Waals surface area contributed by atoms with Crippen LogP contribution in [-0.2, 0) is 0 Å². The van der Waals surface area contributed by atoms with Gasteiger partial charge in [0.1, 0.15) is 0 Å². The number of hydrogen-bond donors (Lipinski definition) is 1. The Morgan fingerprint density at radius 2 is 1.75 bits per heavy atom. The summed E-state index contributed by atoms with van der Waals surface area (Å²) in [4.78, 5) is 2.42. The van der Waals surface area contributed by atoms with Crippen molar-refractivity contribution < 1.29 is 0 Å². The normalized spacial score (nSPS) is 19.3. The molecule has 1 aromatic carbocycles. The number of piperazine rings is 1. The van der Waals surface area contributed by atoms with Crippen LogP contribution in [0.25, 0.3) is 6.08 Å². The number of rotatable bonds is 3. The first-order valence-electron chi connectivity index (χ1n) is 5.78. The summed E-state index contributed by atoms with van der Waals surface area (Å²) in [6.45, 7) is 5.09. The third-order valence-corrected chi connectivity index (χ3v) is 2.88. The average molecular weight is 217 g/mol. The highest BCUT2D eigenvalue weighted by molar-refractivity contribution is 5.48. The van der Waals surface area contributed by atoms with Gasteiger partial charge in [0, 0.05) is 32.7 Å². The van der Waals surface area contributed by atoms with Gasteiger partial charge in [-0.2, -0.15) is 0 Å². The van der Waals surface area contributed by atoms with Crippen LogP contribution in [0.15, 0.2) is 36.4 Å². The molecule has 0 radical (unpaired) electrons. The summed E-state index contributed by atoms with van der Waals surface area (Å²) in [6.07, 6.45) is 4.40. The summed E-state index contributed by atoms with van der Waals surface area (Å²) < 4.78 is 0. The smallest absolute Gasteiger partial charge is 0.0257 e. The van der Waals surface area contributed by atoms with Crippen LogP contribution < -0.4 is 5.84 Å². The molecule has 0 spiro atoms. The monoisotopic (exact) mass is 217 g/mol. The van der Waals surface area contributed by atoms with E-state index in [1.54, 1.807) is 0 Å². The fourth-order valence-corrected chi connectivity index (χ4v) is 1.85. The third-order valence-electron chi connectivity index (χ3n) is 2.88. The molecule has 16 heavy (non-hydrogen) atoms. The summed E-state index contributed by atoms with van der Waals surface area (Å²) in [5, 5.41) is 1.89. The zero-order chi connectivity index (χ0) is 11.2. The van der Waals surface area contributed by atoms with E-state index in [1.165, 1.54) is 5.56 Å². The predicted molar refractivity (Wildman–Crippen MR) is 67.7 cm³/mol. The molecule has 0 atom stereocenters. The van der Waals surface area contributed by atoms with E-state index in [0.29, 0.717) is 0 Å². The van der Waals surface area contributed by atoms with Crippen molar-refractivity contribution in [3.05, 3.63) is 42.0 Å². The van der Waals surface area contributed by atoms with Gasteiger partial charge in [-0.25, -0.2) is 5.01 Å². The molecule has 3 heteroatoms. The molecule has 2 rings (SSSR count). The molecule has 0 bridgehead atoms. The van der Waals surface area contributed by atoms with Crippen molar-refractivity contribution in [1.29, 1.82) is 0 Å². The van der Waals surface area contributed by atoms with E-state index in [2.05, 4.69) is 41.3 Å². The molecule has 0 unspecified atom stereocenters. The second-order valence-corrected chi connectivity index (χ2v) is 4.15. The highest BCUT2D eigenvalue weighted by Gasteiger charge is 2.11. The number of hydrogen-bond acceptors (Lipinski definition) is 3. The molecule has 0 amide bonds. The van der Waals surface area contributed by atoms with E-state index in [1.807, 2.05) is 11.1 Å². The molecule has 2 N–H and O–H groups in total. The fraction of sp³-hybridized carbons (Fsp3) is 0.385. The molecule has 0 aromatic heterocycles. The molecule has 0 saturated carbocycles. The van der Waals surface area contributed by atoms with Crippen molar-refractivity contribution in [2.45, 2.75) is 0 Å². The minimum atomic E-state index is 0.971. The lowest BCUT2D eigenvalue weighted by Crippen LogP contribution is -2.49. The van der Waals surface area contributed by atoms with E-state index in [-0.39, 0.29) is 0 Å². The molecule has 1 heterocycles. The van der Waals surface area contributed by atoms with Gasteiger partial charge in [-0.05, 0) is 5.56 Å². The highest BCUT2D eigenvalue weighted by Crippen LogP contribution is 2.02. The first kappa shape index (κ1) is 11.3. The van der Waals surface area contributed by atoms with E-state index in [0.717, 1.165) is 32.7 Å². The Hall–Kier alpha value is -1.16. The topological polar surface area (TPSA) is 32.5 Å². The quantitative estimate of drug-likeness (QED) is 0.772. The maximum atomic E-state index is 5.71. The zero-order valence-electron chi connectivity index (χ0n) is 9.55. The third kappa shape index (κ3) is 3.45. The number of nitrogens with two attached hydrogens (primary N) is 1. The van der Waals surface area contributed by atoms with Crippen molar-refractivity contribution in [1.82, 2.24) is 9.91 Å². The van der Waals surface area contributed by atoms with E-state index >= 15 is 0 Å². The summed E-state index contributed by atoms with van der Waals surface area (Å²) in [6, 6.07) is 10.4. The minimum absolute atomic E-state index is 0.971. The van der Waals surface area contributed by atoms with Crippen LogP contribution in [0.1, 0.15) is 5.56 Å².